The Morgan fingerprint density at radius 1 is 1.46 bits per heavy atom. The van der Waals surface area contributed by atoms with Gasteiger partial charge in [0.2, 0.25) is 5.95 Å². The molecular formula is C8H9BrFN3. The zero-order valence-corrected chi connectivity index (χ0v) is 8.54. The van der Waals surface area contributed by atoms with E-state index in [0.717, 1.165) is 4.47 Å². The lowest BCUT2D eigenvalue weighted by molar-refractivity contribution is 0.364. The van der Waals surface area contributed by atoms with Gasteiger partial charge in [-0.1, -0.05) is 0 Å². The maximum absolute atomic E-state index is 12.8. The van der Waals surface area contributed by atoms with Gasteiger partial charge in [0.1, 0.15) is 6.17 Å². The molecule has 3 nitrogen and oxygen atoms in total. The zero-order valence-electron chi connectivity index (χ0n) is 6.95. The van der Waals surface area contributed by atoms with Gasteiger partial charge in [-0.15, -0.1) is 0 Å². The first kappa shape index (κ1) is 8.87. The topological polar surface area (TPSA) is 29.0 Å². The summed E-state index contributed by atoms with van der Waals surface area (Å²) in [6.45, 7) is 1.13. The van der Waals surface area contributed by atoms with Gasteiger partial charge in [-0.3, -0.25) is 0 Å². The summed E-state index contributed by atoms with van der Waals surface area (Å²) in [7, 11) is 0. The van der Waals surface area contributed by atoms with Gasteiger partial charge in [-0.25, -0.2) is 14.4 Å². The van der Waals surface area contributed by atoms with Crippen LogP contribution in [0, 0.1) is 0 Å². The maximum atomic E-state index is 12.8. The van der Waals surface area contributed by atoms with Crippen LogP contribution in [0.3, 0.4) is 0 Å². The Morgan fingerprint density at radius 2 is 2.15 bits per heavy atom. The zero-order chi connectivity index (χ0) is 9.26. The molecule has 5 heteroatoms. The Kier molecular flexibility index (Phi) is 2.44. The number of hydrogen-bond acceptors (Lipinski definition) is 3. The van der Waals surface area contributed by atoms with Crippen molar-refractivity contribution in [1.82, 2.24) is 9.97 Å². The molecule has 0 bridgehead atoms. The highest BCUT2D eigenvalue weighted by molar-refractivity contribution is 9.10. The number of halogens is 2. The highest BCUT2D eigenvalue weighted by Crippen LogP contribution is 2.18. The van der Waals surface area contributed by atoms with E-state index in [2.05, 4.69) is 25.9 Å². The van der Waals surface area contributed by atoms with Crippen LogP contribution < -0.4 is 4.90 Å². The van der Waals surface area contributed by atoms with E-state index in [1.807, 2.05) is 4.90 Å². The smallest absolute Gasteiger partial charge is 0.225 e. The van der Waals surface area contributed by atoms with Crippen LogP contribution in [0.5, 0.6) is 0 Å². The fraction of sp³-hybridized carbons (Fsp3) is 0.500. The molecule has 0 aliphatic carbocycles. The molecule has 1 aliphatic rings. The molecule has 1 aromatic heterocycles. The highest BCUT2D eigenvalue weighted by atomic mass is 79.9. The minimum absolute atomic E-state index is 0.418. The predicted octanol–water partition coefficient (Wildman–Crippen LogP) is 1.79. The average Bonchev–Trinajstić information content (AvgIpc) is 2.53. The van der Waals surface area contributed by atoms with Gasteiger partial charge < -0.3 is 4.90 Å². The van der Waals surface area contributed by atoms with Gasteiger partial charge in [-0.2, -0.15) is 0 Å². The van der Waals surface area contributed by atoms with Gasteiger partial charge in [0, 0.05) is 18.9 Å². The van der Waals surface area contributed by atoms with E-state index in [9.17, 15) is 4.39 Å². The molecule has 1 saturated heterocycles. The number of anilines is 1. The molecule has 0 unspecified atom stereocenters. The predicted molar refractivity (Wildman–Crippen MR) is 51.5 cm³/mol. The van der Waals surface area contributed by atoms with E-state index in [0.29, 0.717) is 25.5 Å². The minimum atomic E-state index is -0.729. The molecular weight excluding hydrogens is 237 g/mol. The molecule has 0 amide bonds. The summed E-state index contributed by atoms with van der Waals surface area (Å²) in [6.07, 6.45) is 3.20. The standard InChI is InChI=1S/C8H9BrFN3/c9-6-3-11-8(12-4-6)13-2-1-7(10)5-13/h3-4,7H,1-2,5H2/t7-/m0/s1. The summed E-state index contributed by atoms with van der Waals surface area (Å²) in [5, 5.41) is 0. The Balaban J connectivity index is 2.13. The lowest BCUT2D eigenvalue weighted by Crippen LogP contribution is -2.22. The van der Waals surface area contributed by atoms with Crippen molar-refractivity contribution >= 4 is 21.9 Å². The second kappa shape index (κ2) is 3.57. The fourth-order valence-electron chi connectivity index (χ4n) is 1.37. The molecule has 2 heterocycles. The first-order valence-electron chi connectivity index (χ1n) is 4.12. The van der Waals surface area contributed by atoms with Crippen LogP contribution in [0.15, 0.2) is 16.9 Å². The van der Waals surface area contributed by atoms with Gasteiger partial charge in [-0.05, 0) is 22.4 Å². The number of hydrogen-bond donors (Lipinski definition) is 0. The van der Waals surface area contributed by atoms with Crippen molar-refractivity contribution in [1.29, 1.82) is 0 Å². The Bertz CT molecular complexity index is 290. The lowest BCUT2D eigenvalue weighted by atomic mass is 10.3. The Labute approximate surface area is 84.1 Å². The summed E-state index contributed by atoms with van der Waals surface area (Å²) in [5.41, 5.74) is 0. The van der Waals surface area contributed by atoms with E-state index in [1.54, 1.807) is 12.4 Å². The Hall–Kier alpha value is -0.710. The van der Waals surface area contributed by atoms with Crippen LogP contribution in [-0.4, -0.2) is 29.2 Å². The molecule has 13 heavy (non-hydrogen) atoms. The molecule has 1 atom stereocenters. The van der Waals surface area contributed by atoms with E-state index in [1.165, 1.54) is 0 Å². The van der Waals surface area contributed by atoms with E-state index in [-0.39, 0.29) is 0 Å². The number of aromatic nitrogens is 2. The van der Waals surface area contributed by atoms with Crippen molar-refractivity contribution in [3.8, 4) is 0 Å². The maximum Gasteiger partial charge on any atom is 0.225 e. The second-order valence-corrected chi connectivity index (χ2v) is 3.95. The van der Waals surface area contributed by atoms with E-state index in [4.69, 9.17) is 0 Å². The SMILES string of the molecule is F[C@H]1CCN(c2ncc(Br)cn2)C1. The molecule has 0 N–H and O–H groups in total. The summed E-state index contributed by atoms with van der Waals surface area (Å²) >= 11 is 3.25. The second-order valence-electron chi connectivity index (χ2n) is 3.03. The summed E-state index contributed by atoms with van der Waals surface area (Å²) in [6, 6.07) is 0. The first-order chi connectivity index (χ1) is 6.25. The van der Waals surface area contributed by atoms with E-state index >= 15 is 0 Å². The fourth-order valence-corrected chi connectivity index (χ4v) is 1.57. The molecule has 1 fully saturated rings. The van der Waals surface area contributed by atoms with Crippen LogP contribution in [0.4, 0.5) is 10.3 Å². The van der Waals surface area contributed by atoms with Crippen LogP contribution in [0.25, 0.3) is 0 Å². The van der Waals surface area contributed by atoms with E-state index < -0.39 is 6.17 Å². The van der Waals surface area contributed by atoms with Gasteiger partial charge in [0.15, 0.2) is 0 Å². The molecule has 1 aliphatic heterocycles. The van der Waals surface area contributed by atoms with Crippen molar-refractivity contribution in [2.75, 3.05) is 18.0 Å². The number of nitrogens with zero attached hydrogens (tertiary/aromatic N) is 3. The molecule has 2 rings (SSSR count). The first-order valence-corrected chi connectivity index (χ1v) is 4.91. The van der Waals surface area contributed by atoms with Crippen molar-refractivity contribution in [3.63, 3.8) is 0 Å². The molecule has 0 radical (unpaired) electrons. The van der Waals surface area contributed by atoms with Crippen LogP contribution in [0.2, 0.25) is 0 Å². The molecule has 1 aromatic rings. The summed E-state index contributed by atoms with van der Waals surface area (Å²) < 4.78 is 13.7. The van der Waals surface area contributed by atoms with Gasteiger partial charge in [0.05, 0.1) is 11.0 Å². The third-order valence-corrected chi connectivity index (χ3v) is 2.43. The monoisotopic (exact) mass is 245 g/mol. The molecule has 0 aromatic carbocycles. The van der Waals surface area contributed by atoms with Crippen molar-refractivity contribution < 1.29 is 4.39 Å². The molecule has 0 spiro atoms. The summed E-state index contributed by atoms with van der Waals surface area (Å²) in [5.74, 6) is 0.614. The van der Waals surface area contributed by atoms with Crippen molar-refractivity contribution in [2.45, 2.75) is 12.6 Å². The largest absolute Gasteiger partial charge is 0.338 e. The average molecular weight is 246 g/mol. The van der Waals surface area contributed by atoms with Gasteiger partial charge >= 0.3 is 0 Å². The minimum Gasteiger partial charge on any atom is -0.338 e. The third-order valence-electron chi connectivity index (χ3n) is 2.02. The van der Waals surface area contributed by atoms with Crippen molar-refractivity contribution in [3.05, 3.63) is 16.9 Å². The number of alkyl halides is 1. The summed E-state index contributed by atoms with van der Waals surface area (Å²) in [4.78, 5) is 10.1. The van der Waals surface area contributed by atoms with Crippen LogP contribution >= 0.6 is 15.9 Å². The highest BCUT2D eigenvalue weighted by Gasteiger charge is 2.23. The number of rotatable bonds is 1. The third kappa shape index (κ3) is 1.96. The van der Waals surface area contributed by atoms with Crippen LogP contribution in [-0.2, 0) is 0 Å². The quantitative estimate of drug-likeness (QED) is 0.756. The van der Waals surface area contributed by atoms with Crippen LogP contribution in [0.1, 0.15) is 6.42 Å². The molecule has 0 saturated carbocycles. The normalized spacial score (nSPS) is 22.3. The van der Waals surface area contributed by atoms with Gasteiger partial charge in [0.25, 0.3) is 0 Å². The van der Waals surface area contributed by atoms with Crippen molar-refractivity contribution in [2.24, 2.45) is 0 Å². The lowest BCUT2D eigenvalue weighted by Gasteiger charge is -2.13. The molecule has 70 valence electrons. The Morgan fingerprint density at radius 3 is 2.69 bits per heavy atom.